The summed E-state index contributed by atoms with van der Waals surface area (Å²) < 4.78 is 20.0. The van der Waals surface area contributed by atoms with Crippen LogP contribution in [0.25, 0.3) is 0 Å². The van der Waals surface area contributed by atoms with Crippen molar-refractivity contribution in [3.63, 3.8) is 0 Å². The molecular formula is C16H24NO6+. The average Bonchev–Trinajstić information content (AvgIpc) is 2.51. The molecule has 0 radical (unpaired) electrons. The van der Waals surface area contributed by atoms with Gasteiger partial charge in [0.25, 0.3) is 0 Å². The summed E-state index contributed by atoms with van der Waals surface area (Å²) in [6, 6.07) is 4.45. The zero-order valence-electron chi connectivity index (χ0n) is 14.0. The van der Waals surface area contributed by atoms with Crippen molar-refractivity contribution in [3.05, 3.63) is 23.8 Å². The lowest BCUT2D eigenvalue weighted by Gasteiger charge is -2.11. The topological polar surface area (TPSA) is 75.5 Å². The van der Waals surface area contributed by atoms with E-state index in [2.05, 4.69) is 0 Å². The first-order valence-electron chi connectivity index (χ1n) is 7.46. The molecule has 1 rings (SSSR count). The van der Waals surface area contributed by atoms with E-state index in [0.717, 1.165) is 13.0 Å². The van der Waals surface area contributed by atoms with Crippen molar-refractivity contribution in [2.45, 2.75) is 13.3 Å². The summed E-state index contributed by atoms with van der Waals surface area (Å²) in [4.78, 5) is 24.6. The summed E-state index contributed by atoms with van der Waals surface area (Å²) in [6.07, 6.45) is -0.0396. The van der Waals surface area contributed by atoms with Gasteiger partial charge in [-0.3, -0.25) is 0 Å². The molecule has 128 valence electrons. The largest absolute Gasteiger partial charge is 0.513 e. The number of quaternary nitrogens is 1. The van der Waals surface area contributed by atoms with E-state index in [1.165, 1.54) is 30.2 Å². The standard InChI is InChI=1S/C16H23NO6/c1-5-21-16(19)23-13-8-7-12(11-14(13)20-4)15(18)22-10-6-9-17(2)3/h7-8,11H,5-6,9-10H2,1-4H3/p+1. The molecule has 0 saturated heterocycles. The monoisotopic (exact) mass is 326 g/mol. The van der Waals surface area contributed by atoms with E-state index in [-0.39, 0.29) is 18.1 Å². The number of hydrogen-bond donors (Lipinski definition) is 1. The third-order valence-electron chi connectivity index (χ3n) is 2.91. The van der Waals surface area contributed by atoms with Gasteiger partial charge < -0.3 is 23.8 Å². The van der Waals surface area contributed by atoms with E-state index in [0.29, 0.717) is 12.2 Å². The second-order valence-electron chi connectivity index (χ2n) is 5.10. The second kappa shape index (κ2) is 9.68. The minimum Gasteiger partial charge on any atom is -0.493 e. The average molecular weight is 326 g/mol. The first-order chi connectivity index (χ1) is 11.0. The molecule has 7 heteroatoms. The van der Waals surface area contributed by atoms with Crippen LogP contribution in [0, 0.1) is 0 Å². The highest BCUT2D eigenvalue weighted by Gasteiger charge is 2.15. The van der Waals surface area contributed by atoms with Crippen molar-refractivity contribution in [1.29, 1.82) is 0 Å². The first kappa shape index (κ1) is 18.8. The molecule has 0 heterocycles. The fourth-order valence-corrected chi connectivity index (χ4v) is 1.79. The van der Waals surface area contributed by atoms with Gasteiger partial charge in [-0.05, 0) is 25.1 Å². The molecule has 0 bridgehead atoms. The minimum atomic E-state index is -0.827. The van der Waals surface area contributed by atoms with Crippen LogP contribution in [0.5, 0.6) is 11.5 Å². The van der Waals surface area contributed by atoms with Gasteiger partial charge in [0, 0.05) is 6.42 Å². The Hall–Kier alpha value is -2.28. The van der Waals surface area contributed by atoms with Crippen LogP contribution in [0.4, 0.5) is 4.79 Å². The number of benzene rings is 1. The number of rotatable bonds is 8. The van der Waals surface area contributed by atoms with Gasteiger partial charge in [-0.2, -0.15) is 0 Å². The summed E-state index contributed by atoms with van der Waals surface area (Å²) in [5.74, 6) is -0.0105. The summed E-state index contributed by atoms with van der Waals surface area (Å²) >= 11 is 0. The normalized spacial score (nSPS) is 10.3. The van der Waals surface area contributed by atoms with Gasteiger partial charge in [-0.15, -0.1) is 0 Å². The molecule has 0 atom stereocenters. The Kier molecular flexibility index (Phi) is 7.90. The fraction of sp³-hybridized carbons (Fsp3) is 0.500. The van der Waals surface area contributed by atoms with Crippen LogP contribution >= 0.6 is 0 Å². The summed E-state index contributed by atoms with van der Waals surface area (Å²) in [7, 11) is 5.49. The maximum atomic E-state index is 12.0. The second-order valence-corrected chi connectivity index (χ2v) is 5.10. The van der Waals surface area contributed by atoms with Crippen LogP contribution < -0.4 is 14.4 Å². The Balaban J connectivity index is 2.67. The van der Waals surface area contributed by atoms with Crippen molar-refractivity contribution in [1.82, 2.24) is 0 Å². The molecular weight excluding hydrogens is 302 g/mol. The smallest absolute Gasteiger partial charge is 0.493 e. The van der Waals surface area contributed by atoms with Crippen LogP contribution in [0.2, 0.25) is 0 Å². The highest BCUT2D eigenvalue weighted by molar-refractivity contribution is 5.90. The van der Waals surface area contributed by atoms with Crippen molar-refractivity contribution in [2.24, 2.45) is 0 Å². The van der Waals surface area contributed by atoms with E-state index in [1.54, 1.807) is 6.92 Å². The summed E-state index contributed by atoms with van der Waals surface area (Å²) in [6.45, 7) is 3.16. The molecule has 0 aliphatic rings. The first-order valence-corrected chi connectivity index (χ1v) is 7.46. The molecule has 1 aromatic rings. The number of esters is 1. The Morgan fingerprint density at radius 1 is 1.13 bits per heavy atom. The van der Waals surface area contributed by atoms with Gasteiger partial charge in [0.15, 0.2) is 11.5 Å². The zero-order valence-corrected chi connectivity index (χ0v) is 14.0. The Morgan fingerprint density at radius 3 is 2.48 bits per heavy atom. The third-order valence-corrected chi connectivity index (χ3v) is 2.91. The molecule has 0 spiro atoms. The third kappa shape index (κ3) is 6.56. The number of ether oxygens (including phenoxy) is 4. The lowest BCUT2D eigenvalue weighted by atomic mass is 10.2. The maximum absolute atomic E-state index is 12.0. The SMILES string of the molecule is CCOC(=O)Oc1ccc(C(=O)OCCC[NH+](C)C)cc1OC. The lowest BCUT2D eigenvalue weighted by molar-refractivity contribution is -0.858. The molecule has 0 aliphatic heterocycles. The number of carbonyl (C=O) groups is 2. The lowest BCUT2D eigenvalue weighted by Crippen LogP contribution is -3.05. The van der Waals surface area contributed by atoms with Gasteiger partial charge in [0.1, 0.15) is 0 Å². The van der Waals surface area contributed by atoms with Crippen molar-refractivity contribution >= 4 is 12.1 Å². The van der Waals surface area contributed by atoms with Crippen LogP contribution in [-0.2, 0) is 9.47 Å². The van der Waals surface area contributed by atoms with Gasteiger partial charge in [0.05, 0.1) is 46.5 Å². The van der Waals surface area contributed by atoms with Crippen LogP contribution in [0.1, 0.15) is 23.7 Å². The Labute approximate surface area is 136 Å². The molecule has 23 heavy (non-hydrogen) atoms. The molecule has 0 amide bonds. The minimum absolute atomic E-state index is 0.179. The fourth-order valence-electron chi connectivity index (χ4n) is 1.79. The predicted octanol–water partition coefficient (Wildman–Crippen LogP) is 0.922. The van der Waals surface area contributed by atoms with E-state index in [4.69, 9.17) is 18.9 Å². The highest BCUT2D eigenvalue weighted by Crippen LogP contribution is 2.28. The van der Waals surface area contributed by atoms with Gasteiger partial charge in [0.2, 0.25) is 0 Å². The van der Waals surface area contributed by atoms with Gasteiger partial charge in [-0.25, -0.2) is 9.59 Å². The number of hydrogen-bond acceptors (Lipinski definition) is 6. The van der Waals surface area contributed by atoms with E-state index < -0.39 is 12.1 Å². The van der Waals surface area contributed by atoms with Crippen molar-refractivity contribution in [3.8, 4) is 11.5 Å². The summed E-state index contributed by atoms with van der Waals surface area (Å²) in [5, 5.41) is 0. The molecule has 1 aromatic carbocycles. The van der Waals surface area contributed by atoms with Gasteiger partial charge >= 0.3 is 12.1 Å². The summed E-state index contributed by atoms with van der Waals surface area (Å²) in [5.41, 5.74) is 0.329. The molecule has 0 fully saturated rings. The molecule has 1 N–H and O–H groups in total. The highest BCUT2D eigenvalue weighted by atomic mass is 16.7. The van der Waals surface area contributed by atoms with E-state index in [9.17, 15) is 9.59 Å². The van der Waals surface area contributed by atoms with Crippen LogP contribution in [-0.4, -0.2) is 53.1 Å². The quantitative estimate of drug-likeness (QED) is 0.435. The molecule has 0 aromatic heterocycles. The number of methoxy groups -OCH3 is 1. The van der Waals surface area contributed by atoms with Crippen molar-refractivity contribution in [2.75, 3.05) is 41.0 Å². The van der Waals surface area contributed by atoms with E-state index >= 15 is 0 Å². The molecule has 7 nitrogen and oxygen atoms in total. The number of nitrogens with one attached hydrogen (secondary N) is 1. The molecule has 0 aliphatic carbocycles. The van der Waals surface area contributed by atoms with E-state index in [1.807, 2.05) is 14.1 Å². The Bertz CT molecular complexity index is 529. The van der Waals surface area contributed by atoms with Crippen LogP contribution in [0.15, 0.2) is 18.2 Å². The van der Waals surface area contributed by atoms with Gasteiger partial charge in [-0.1, -0.05) is 0 Å². The molecule has 0 saturated carbocycles. The molecule has 0 unspecified atom stereocenters. The predicted molar refractivity (Wildman–Crippen MR) is 83.2 cm³/mol. The van der Waals surface area contributed by atoms with Crippen LogP contribution in [0.3, 0.4) is 0 Å². The number of carbonyl (C=O) groups excluding carboxylic acids is 2. The zero-order chi connectivity index (χ0) is 17.2. The Morgan fingerprint density at radius 2 is 1.87 bits per heavy atom. The maximum Gasteiger partial charge on any atom is 0.513 e. The van der Waals surface area contributed by atoms with Crippen molar-refractivity contribution < 1.29 is 33.4 Å².